The zero-order valence-electron chi connectivity index (χ0n) is 11.2. The molecule has 2 rings (SSSR count). The van der Waals surface area contributed by atoms with Gasteiger partial charge in [0.2, 0.25) is 5.82 Å². The summed E-state index contributed by atoms with van der Waals surface area (Å²) < 4.78 is 1.54. The van der Waals surface area contributed by atoms with Gasteiger partial charge in [-0.15, -0.1) is 29.9 Å². The Hall–Kier alpha value is -1.44. The number of nitrogens with zero attached hydrogens (tertiary/aromatic N) is 4. The maximum absolute atomic E-state index is 11.8. The van der Waals surface area contributed by atoms with E-state index in [0.29, 0.717) is 18.9 Å². The molecular formula is C11H18Cl2N6O. The molecule has 0 aliphatic carbocycles. The molecule has 3 N–H and O–H groups in total. The number of carbonyl (C=O) groups excluding carboxylic acids is 1. The Morgan fingerprint density at radius 2 is 2.20 bits per heavy atom. The fourth-order valence-electron chi connectivity index (χ4n) is 1.43. The number of hydrogen-bond acceptors (Lipinski definition) is 5. The van der Waals surface area contributed by atoms with Gasteiger partial charge in [-0.25, -0.2) is 9.50 Å². The Morgan fingerprint density at radius 3 is 2.80 bits per heavy atom. The van der Waals surface area contributed by atoms with E-state index in [1.54, 1.807) is 16.8 Å². The van der Waals surface area contributed by atoms with Crippen LogP contribution in [0, 0.1) is 12.8 Å². The summed E-state index contributed by atoms with van der Waals surface area (Å²) in [4.78, 5) is 19.9. The minimum absolute atomic E-state index is 0. The molecule has 0 bridgehead atoms. The fourth-order valence-corrected chi connectivity index (χ4v) is 1.43. The molecule has 112 valence electrons. The number of nitrogens with two attached hydrogens (primary N) is 1. The molecule has 0 fully saturated rings. The summed E-state index contributed by atoms with van der Waals surface area (Å²) in [5.41, 5.74) is 6.36. The zero-order chi connectivity index (χ0) is 13.1. The molecule has 2 heterocycles. The van der Waals surface area contributed by atoms with Crippen LogP contribution in [-0.4, -0.2) is 38.6 Å². The number of fused-ring (bicyclic) bond motifs is 1. The van der Waals surface area contributed by atoms with Crippen molar-refractivity contribution in [3.05, 3.63) is 23.8 Å². The molecule has 0 aliphatic heterocycles. The van der Waals surface area contributed by atoms with Crippen molar-refractivity contribution in [3.8, 4) is 0 Å². The first-order chi connectivity index (χ1) is 8.61. The quantitative estimate of drug-likeness (QED) is 0.859. The van der Waals surface area contributed by atoms with Crippen LogP contribution in [0.4, 0.5) is 0 Å². The second-order valence-corrected chi connectivity index (χ2v) is 4.28. The van der Waals surface area contributed by atoms with Crippen LogP contribution >= 0.6 is 24.8 Å². The first-order valence-electron chi connectivity index (χ1n) is 5.78. The van der Waals surface area contributed by atoms with E-state index in [4.69, 9.17) is 5.73 Å². The number of aryl methyl sites for hydroxylation is 1. The van der Waals surface area contributed by atoms with Crippen LogP contribution in [-0.2, 0) is 0 Å². The van der Waals surface area contributed by atoms with E-state index in [-0.39, 0.29) is 42.5 Å². The summed E-state index contributed by atoms with van der Waals surface area (Å²) in [7, 11) is 0. The minimum atomic E-state index is -0.305. The SMILES string of the molecule is Cc1ccnc2nc(C(=O)NCC(C)CN)nn12.Cl.Cl. The predicted octanol–water partition coefficient (Wildman–Crippen LogP) is 0.601. The van der Waals surface area contributed by atoms with Gasteiger partial charge in [0.15, 0.2) is 0 Å². The lowest BCUT2D eigenvalue weighted by molar-refractivity contribution is 0.0938. The molecule has 2 aromatic rings. The monoisotopic (exact) mass is 320 g/mol. The summed E-state index contributed by atoms with van der Waals surface area (Å²) in [6.07, 6.45) is 1.64. The molecule has 0 aliphatic rings. The highest BCUT2D eigenvalue weighted by molar-refractivity contribution is 5.90. The molecule has 1 unspecified atom stereocenters. The van der Waals surface area contributed by atoms with E-state index < -0.39 is 0 Å². The molecule has 0 saturated carbocycles. The third-order valence-electron chi connectivity index (χ3n) is 2.65. The van der Waals surface area contributed by atoms with Gasteiger partial charge in [-0.2, -0.15) is 4.98 Å². The highest BCUT2D eigenvalue weighted by Crippen LogP contribution is 2.01. The minimum Gasteiger partial charge on any atom is -0.349 e. The van der Waals surface area contributed by atoms with E-state index in [1.807, 2.05) is 13.8 Å². The van der Waals surface area contributed by atoms with Crippen molar-refractivity contribution in [2.24, 2.45) is 11.7 Å². The van der Waals surface area contributed by atoms with Crippen molar-refractivity contribution in [1.82, 2.24) is 24.9 Å². The van der Waals surface area contributed by atoms with Crippen molar-refractivity contribution in [2.45, 2.75) is 13.8 Å². The average Bonchev–Trinajstić information content (AvgIpc) is 2.81. The van der Waals surface area contributed by atoms with Gasteiger partial charge in [0, 0.05) is 18.4 Å². The van der Waals surface area contributed by atoms with Gasteiger partial charge in [0.1, 0.15) is 0 Å². The zero-order valence-corrected chi connectivity index (χ0v) is 12.9. The van der Waals surface area contributed by atoms with Gasteiger partial charge in [0.05, 0.1) is 0 Å². The van der Waals surface area contributed by atoms with E-state index in [1.165, 1.54) is 0 Å². The number of amides is 1. The van der Waals surface area contributed by atoms with Crippen molar-refractivity contribution in [3.63, 3.8) is 0 Å². The lowest BCUT2D eigenvalue weighted by atomic mass is 10.2. The summed E-state index contributed by atoms with van der Waals surface area (Å²) >= 11 is 0. The Morgan fingerprint density at radius 1 is 1.50 bits per heavy atom. The van der Waals surface area contributed by atoms with Crippen molar-refractivity contribution in [2.75, 3.05) is 13.1 Å². The van der Waals surface area contributed by atoms with Crippen molar-refractivity contribution in [1.29, 1.82) is 0 Å². The number of halogens is 2. The fraction of sp³-hybridized carbons (Fsp3) is 0.455. The molecule has 0 radical (unpaired) electrons. The molecule has 1 atom stereocenters. The summed E-state index contributed by atoms with van der Waals surface area (Å²) in [6, 6.07) is 1.81. The molecule has 0 spiro atoms. The van der Waals surface area contributed by atoms with Gasteiger partial charge in [-0.3, -0.25) is 4.79 Å². The third-order valence-corrected chi connectivity index (χ3v) is 2.65. The first kappa shape index (κ1) is 18.6. The van der Waals surface area contributed by atoms with E-state index in [2.05, 4.69) is 20.4 Å². The van der Waals surface area contributed by atoms with Crippen molar-refractivity contribution >= 4 is 36.5 Å². The molecule has 0 aromatic carbocycles. The van der Waals surface area contributed by atoms with Gasteiger partial charge in [-0.05, 0) is 25.5 Å². The van der Waals surface area contributed by atoms with Gasteiger partial charge >= 0.3 is 0 Å². The molecule has 0 saturated heterocycles. The van der Waals surface area contributed by atoms with Crippen LogP contribution < -0.4 is 11.1 Å². The molecule has 20 heavy (non-hydrogen) atoms. The highest BCUT2D eigenvalue weighted by atomic mass is 35.5. The van der Waals surface area contributed by atoms with E-state index in [9.17, 15) is 4.79 Å². The number of aromatic nitrogens is 4. The number of rotatable bonds is 4. The van der Waals surface area contributed by atoms with E-state index >= 15 is 0 Å². The first-order valence-corrected chi connectivity index (χ1v) is 5.78. The second kappa shape index (κ2) is 7.98. The number of carbonyl (C=O) groups is 1. The Balaban J connectivity index is 0.00000180. The van der Waals surface area contributed by atoms with Crippen LogP contribution in [0.2, 0.25) is 0 Å². The number of hydrogen-bond donors (Lipinski definition) is 2. The third kappa shape index (κ3) is 4.03. The van der Waals surface area contributed by atoms with Crippen LogP contribution in [0.1, 0.15) is 23.2 Å². The normalized spacial score (nSPS) is 11.3. The van der Waals surface area contributed by atoms with Crippen LogP contribution in [0.25, 0.3) is 5.78 Å². The largest absolute Gasteiger partial charge is 0.349 e. The van der Waals surface area contributed by atoms with Gasteiger partial charge in [0.25, 0.3) is 11.7 Å². The molecule has 2 aromatic heterocycles. The maximum atomic E-state index is 11.8. The second-order valence-electron chi connectivity index (χ2n) is 4.28. The predicted molar refractivity (Wildman–Crippen MR) is 80.6 cm³/mol. The lowest BCUT2D eigenvalue weighted by Crippen LogP contribution is -2.31. The summed E-state index contributed by atoms with van der Waals surface area (Å²) in [6.45, 7) is 4.88. The van der Waals surface area contributed by atoms with Crippen LogP contribution in [0.5, 0.6) is 0 Å². The Kier molecular flexibility index (Phi) is 7.41. The summed E-state index contributed by atoms with van der Waals surface area (Å²) in [5, 5.41) is 6.86. The highest BCUT2D eigenvalue weighted by Gasteiger charge is 2.14. The molecule has 1 amide bonds. The van der Waals surface area contributed by atoms with Crippen LogP contribution in [0.15, 0.2) is 12.3 Å². The Bertz CT molecular complexity index is 573. The van der Waals surface area contributed by atoms with Crippen LogP contribution in [0.3, 0.4) is 0 Å². The van der Waals surface area contributed by atoms with Gasteiger partial charge in [-0.1, -0.05) is 6.92 Å². The number of nitrogens with one attached hydrogen (secondary N) is 1. The average molecular weight is 321 g/mol. The molecule has 9 heteroatoms. The smallest absolute Gasteiger partial charge is 0.291 e. The Labute approximate surface area is 129 Å². The molecule has 7 nitrogen and oxygen atoms in total. The maximum Gasteiger partial charge on any atom is 0.291 e. The molecular weight excluding hydrogens is 303 g/mol. The topological polar surface area (TPSA) is 98.2 Å². The van der Waals surface area contributed by atoms with E-state index in [0.717, 1.165) is 5.69 Å². The standard InChI is InChI=1S/C11H16N6O.2ClH/c1-7(5-12)6-14-10(18)9-15-11-13-4-3-8(2)17(11)16-9;;/h3-4,7H,5-6,12H2,1-2H3,(H,14,18);2*1H. The van der Waals surface area contributed by atoms with Gasteiger partial charge < -0.3 is 11.1 Å². The lowest BCUT2D eigenvalue weighted by Gasteiger charge is -2.07. The summed E-state index contributed by atoms with van der Waals surface area (Å²) in [5.74, 6) is 0.471. The van der Waals surface area contributed by atoms with Crippen molar-refractivity contribution < 1.29 is 4.79 Å².